The summed E-state index contributed by atoms with van der Waals surface area (Å²) < 4.78 is 2.10. The summed E-state index contributed by atoms with van der Waals surface area (Å²) in [6.07, 6.45) is 3.01. The fourth-order valence-corrected chi connectivity index (χ4v) is 3.45. The highest BCUT2D eigenvalue weighted by Crippen LogP contribution is 2.40. The van der Waals surface area contributed by atoms with Gasteiger partial charge in [-0.2, -0.15) is 4.90 Å². The van der Waals surface area contributed by atoms with Crippen molar-refractivity contribution in [2.24, 2.45) is 0 Å². The summed E-state index contributed by atoms with van der Waals surface area (Å²) in [6, 6.07) is 24.4. The molecule has 0 amide bonds. The van der Waals surface area contributed by atoms with E-state index in [0.717, 1.165) is 23.5 Å². The molecule has 2 heterocycles. The minimum atomic E-state index is -1.10. The van der Waals surface area contributed by atoms with Gasteiger partial charge in [-0.3, -0.25) is 0 Å². The second kappa shape index (κ2) is 5.77. The summed E-state index contributed by atoms with van der Waals surface area (Å²) in [6.45, 7) is 2.64. The zero-order valence-electron chi connectivity index (χ0n) is 13.8. The number of nitrogens with zero attached hydrogens (tertiary/aromatic N) is 2. The van der Waals surface area contributed by atoms with Crippen LogP contribution in [0.1, 0.15) is 18.1 Å². The minimum Gasteiger partial charge on any atom is -0.346 e. The summed E-state index contributed by atoms with van der Waals surface area (Å²) in [4.78, 5) is 2.02. The maximum absolute atomic E-state index is 11.7. The Morgan fingerprint density at radius 2 is 1.67 bits per heavy atom. The number of hydrogen-bond acceptors (Lipinski definition) is 2. The molecule has 24 heavy (non-hydrogen) atoms. The van der Waals surface area contributed by atoms with E-state index in [1.54, 1.807) is 0 Å². The Bertz CT molecular complexity index is 845. The van der Waals surface area contributed by atoms with Crippen LogP contribution in [0.2, 0.25) is 0 Å². The quantitative estimate of drug-likeness (QED) is 0.748. The summed E-state index contributed by atoms with van der Waals surface area (Å²) in [5.74, 6) is 0.991. The van der Waals surface area contributed by atoms with Crippen molar-refractivity contribution < 1.29 is 9.67 Å². The Balaban J connectivity index is 1.87. The molecule has 120 valence electrons. The Hall–Kier alpha value is -2.65. The number of aromatic nitrogens is 1. The van der Waals surface area contributed by atoms with Gasteiger partial charge in [0, 0.05) is 11.6 Å². The first-order valence-corrected chi connectivity index (χ1v) is 8.38. The molecule has 1 unspecified atom stereocenters. The summed E-state index contributed by atoms with van der Waals surface area (Å²) in [5, 5.41) is 11.7. The van der Waals surface area contributed by atoms with E-state index in [0.29, 0.717) is 6.54 Å². The van der Waals surface area contributed by atoms with E-state index in [2.05, 4.69) is 23.6 Å². The standard InChI is InChI=1S/C21H21N2O/c1-2-17-11-13-18(14-12-17)21(24)16-22-15-7-6-10-20(22)23(21)19-8-4-3-5-9-19/h3-15,24H,2,16H2,1H3/q+1. The van der Waals surface area contributed by atoms with E-state index in [-0.39, 0.29) is 0 Å². The molecule has 2 aromatic carbocycles. The van der Waals surface area contributed by atoms with Crippen LogP contribution in [0.4, 0.5) is 11.5 Å². The Labute approximate surface area is 142 Å². The van der Waals surface area contributed by atoms with Crippen LogP contribution in [-0.2, 0) is 18.7 Å². The van der Waals surface area contributed by atoms with Crippen LogP contribution in [0.15, 0.2) is 79.0 Å². The average Bonchev–Trinajstić information content (AvgIpc) is 2.95. The number of pyridine rings is 1. The largest absolute Gasteiger partial charge is 0.346 e. The number of fused-ring (bicyclic) bond motifs is 1. The van der Waals surface area contributed by atoms with Gasteiger partial charge in [-0.1, -0.05) is 55.5 Å². The molecule has 1 aromatic heterocycles. The van der Waals surface area contributed by atoms with E-state index in [9.17, 15) is 5.11 Å². The van der Waals surface area contributed by atoms with Crippen molar-refractivity contribution in [1.29, 1.82) is 0 Å². The van der Waals surface area contributed by atoms with Crippen molar-refractivity contribution >= 4 is 11.5 Å². The molecule has 0 saturated heterocycles. The number of para-hydroxylation sites is 1. The van der Waals surface area contributed by atoms with Crippen molar-refractivity contribution in [3.8, 4) is 0 Å². The number of aliphatic hydroxyl groups is 1. The fourth-order valence-electron chi connectivity index (χ4n) is 3.45. The molecule has 1 atom stereocenters. The van der Waals surface area contributed by atoms with Gasteiger partial charge in [-0.05, 0) is 30.2 Å². The van der Waals surface area contributed by atoms with E-state index < -0.39 is 5.72 Å². The molecule has 1 N–H and O–H groups in total. The van der Waals surface area contributed by atoms with Crippen molar-refractivity contribution in [3.63, 3.8) is 0 Å². The third-order valence-corrected chi connectivity index (χ3v) is 4.75. The first kappa shape index (κ1) is 14.9. The van der Waals surface area contributed by atoms with Gasteiger partial charge in [0.05, 0.1) is 6.20 Å². The fraction of sp³-hybridized carbons (Fsp3) is 0.190. The van der Waals surface area contributed by atoms with Crippen LogP contribution in [0.5, 0.6) is 0 Å². The third-order valence-electron chi connectivity index (χ3n) is 4.75. The highest BCUT2D eigenvalue weighted by Gasteiger charge is 2.52. The number of hydrogen-bond donors (Lipinski definition) is 1. The van der Waals surface area contributed by atoms with Crippen LogP contribution in [-0.4, -0.2) is 5.11 Å². The lowest BCUT2D eigenvalue weighted by Crippen LogP contribution is -2.43. The Morgan fingerprint density at radius 1 is 0.958 bits per heavy atom. The van der Waals surface area contributed by atoms with Gasteiger partial charge in [0.1, 0.15) is 5.69 Å². The van der Waals surface area contributed by atoms with E-state index in [1.165, 1.54) is 5.56 Å². The van der Waals surface area contributed by atoms with Crippen LogP contribution in [0.25, 0.3) is 0 Å². The predicted molar refractivity (Wildman–Crippen MR) is 94.9 cm³/mol. The number of benzene rings is 2. The molecule has 1 aliphatic heterocycles. The predicted octanol–water partition coefficient (Wildman–Crippen LogP) is 3.53. The molecule has 0 spiro atoms. The van der Waals surface area contributed by atoms with Gasteiger partial charge in [0.15, 0.2) is 6.54 Å². The van der Waals surface area contributed by atoms with Gasteiger partial charge in [-0.25, -0.2) is 4.57 Å². The van der Waals surface area contributed by atoms with Gasteiger partial charge in [0.25, 0.3) is 11.5 Å². The molecular weight excluding hydrogens is 296 g/mol. The maximum atomic E-state index is 11.7. The lowest BCUT2D eigenvalue weighted by molar-refractivity contribution is -0.683. The lowest BCUT2D eigenvalue weighted by Gasteiger charge is -2.27. The molecule has 3 heteroatoms. The SMILES string of the molecule is CCc1ccc(C2(O)C[n+]3ccccc3N2c2ccccc2)cc1. The minimum absolute atomic E-state index is 0.504. The summed E-state index contributed by atoms with van der Waals surface area (Å²) >= 11 is 0. The smallest absolute Gasteiger partial charge is 0.284 e. The number of rotatable bonds is 3. The monoisotopic (exact) mass is 317 g/mol. The van der Waals surface area contributed by atoms with Crippen LogP contribution >= 0.6 is 0 Å². The zero-order valence-corrected chi connectivity index (χ0v) is 13.8. The van der Waals surface area contributed by atoms with Crippen LogP contribution in [0.3, 0.4) is 0 Å². The van der Waals surface area contributed by atoms with Crippen LogP contribution in [0, 0.1) is 0 Å². The molecule has 0 saturated carbocycles. The summed E-state index contributed by atoms with van der Waals surface area (Å²) in [5.41, 5.74) is 2.07. The first-order valence-electron chi connectivity index (χ1n) is 8.38. The zero-order chi connectivity index (χ0) is 16.6. The average molecular weight is 317 g/mol. The number of anilines is 2. The number of aryl methyl sites for hydroxylation is 1. The second-order valence-corrected chi connectivity index (χ2v) is 6.22. The molecule has 0 radical (unpaired) electrons. The molecule has 0 fully saturated rings. The molecule has 0 bridgehead atoms. The first-order chi connectivity index (χ1) is 11.7. The second-order valence-electron chi connectivity index (χ2n) is 6.22. The van der Waals surface area contributed by atoms with Gasteiger partial charge < -0.3 is 5.11 Å². The van der Waals surface area contributed by atoms with Crippen LogP contribution < -0.4 is 9.47 Å². The molecule has 0 aliphatic carbocycles. The molecule has 4 rings (SSSR count). The summed E-state index contributed by atoms with van der Waals surface area (Å²) in [7, 11) is 0. The highest BCUT2D eigenvalue weighted by atomic mass is 16.3. The molecule has 3 nitrogen and oxygen atoms in total. The van der Waals surface area contributed by atoms with Gasteiger partial charge >= 0.3 is 0 Å². The third kappa shape index (κ3) is 2.29. The van der Waals surface area contributed by atoms with Crippen molar-refractivity contribution in [2.75, 3.05) is 4.90 Å². The Kier molecular flexibility index (Phi) is 3.58. The maximum Gasteiger partial charge on any atom is 0.284 e. The molecular formula is C21H21N2O+. The van der Waals surface area contributed by atoms with Crippen molar-refractivity contribution in [3.05, 3.63) is 90.1 Å². The van der Waals surface area contributed by atoms with E-state index in [1.807, 2.05) is 71.8 Å². The van der Waals surface area contributed by atoms with E-state index in [4.69, 9.17) is 0 Å². The van der Waals surface area contributed by atoms with Gasteiger partial charge in [0.2, 0.25) is 0 Å². The van der Waals surface area contributed by atoms with Crippen molar-refractivity contribution in [2.45, 2.75) is 25.6 Å². The van der Waals surface area contributed by atoms with Crippen molar-refractivity contribution in [1.82, 2.24) is 0 Å². The lowest BCUT2D eigenvalue weighted by atomic mass is 9.99. The highest BCUT2D eigenvalue weighted by molar-refractivity contribution is 5.62. The van der Waals surface area contributed by atoms with E-state index >= 15 is 0 Å². The topological polar surface area (TPSA) is 27.4 Å². The molecule has 3 aromatic rings. The normalized spacial score (nSPS) is 19.3. The van der Waals surface area contributed by atoms with Gasteiger partial charge in [-0.15, -0.1) is 0 Å². The molecule has 1 aliphatic rings. The Morgan fingerprint density at radius 3 is 2.38 bits per heavy atom.